The van der Waals surface area contributed by atoms with Crippen LogP contribution in [0.3, 0.4) is 0 Å². The maximum Gasteiger partial charge on any atom is 0.0681 e. The Hall–Kier alpha value is -0.380. The lowest BCUT2D eigenvalue weighted by molar-refractivity contribution is 0.279. The highest BCUT2D eigenvalue weighted by Gasteiger charge is 2.05. The quantitative estimate of drug-likeness (QED) is 0.891. The zero-order valence-electron chi connectivity index (χ0n) is 9.33. The standard InChI is InChI=1S/C12H18BrNO/c1-3-14(4-2)8-11-7-10(9-15)5-6-12(11)13/h5-7,15H,3-4,8-9H2,1-2H3. The molecule has 0 saturated heterocycles. The zero-order valence-corrected chi connectivity index (χ0v) is 10.9. The summed E-state index contributed by atoms with van der Waals surface area (Å²) in [7, 11) is 0. The molecule has 0 aliphatic heterocycles. The van der Waals surface area contributed by atoms with Gasteiger partial charge < -0.3 is 5.11 Å². The van der Waals surface area contributed by atoms with Gasteiger partial charge in [-0.1, -0.05) is 41.9 Å². The molecule has 1 rings (SSSR count). The van der Waals surface area contributed by atoms with Gasteiger partial charge >= 0.3 is 0 Å². The van der Waals surface area contributed by atoms with Gasteiger partial charge in [0.25, 0.3) is 0 Å². The molecular weight excluding hydrogens is 254 g/mol. The molecule has 0 radical (unpaired) electrons. The van der Waals surface area contributed by atoms with E-state index < -0.39 is 0 Å². The summed E-state index contributed by atoms with van der Waals surface area (Å²) >= 11 is 3.54. The van der Waals surface area contributed by atoms with Crippen molar-refractivity contribution in [2.75, 3.05) is 13.1 Å². The Balaban J connectivity index is 2.82. The van der Waals surface area contributed by atoms with E-state index >= 15 is 0 Å². The van der Waals surface area contributed by atoms with Gasteiger partial charge in [0.15, 0.2) is 0 Å². The van der Waals surface area contributed by atoms with E-state index in [0.29, 0.717) is 0 Å². The monoisotopic (exact) mass is 271 g/mol. The predicted octanol–water partition coefficient (Wildman–Crippen LogP) is 2.78. The minimum Gasteiger partial charge on any atom is -0.392 e. The molecule has 1 aromatic rings. The summed E-state index contributed by atoms with van der Waals surface area (Å²) in [5, 5.41) is 9.07. The first-order valence-corrected chi connectivity index (χ1v) is 6.11. The highest BCUT2D eigenvalue weighted by molar-refractivity contribution is 9.10. The largest absolute Gasteiger partial charge is 0.392 e. The second kappa shape index (κ2) is 6.26. The van der Waals surface area contributed by atoms with Crippen LogP contribution >= 0.6 is 15.9 Å². The number of halogens is 1. The van der Waals surface area contributed by atoms with E-state index in [4.69, 9.17) is 5.11 Å². The molecule has 0 amide bonds. The van der Waals surface area contributed by atoms with Gasteiger partial charge in [-0.15, -0.1) is 0 Å². The van der Waals surface area contributed by atoms with Crippen molar-refractivity contribution >= 4 is 15.9 Å². The molecule has 1 aromatic carbocycles. The summed E-state index contributed by atoms with van der Waals surface area (Å²) < 4.78 is 1.12. The van der Waals surface area contributed by atoms with E-state index in [1.54, 1.807) is 0 Å². The molecule has 0 aromatic heterocycles. The van der Waals surface area contributed by atoms with Crippen molar-refractivity contribution in [2.24, 2.45) is 0 Å². The molecule has 0 spiro atoms. The molecule has 0 bridgehead atoms. The van der Waals surface area contributed by atoms with Crippen LogP contribution in [0, 0.1) is 0 Å². The Morgan fingerprint density at radius 1 is 1.27 bits per heavy atom. The van der Waals surface area contributed by atoms with E-state index in [1.807, 2.05) is 12.1 Å². The molecule has 1 N–H and O–H groups in total. The molecule has 0 aliphatic rings. The molecule has 3 heteroatoms. The van der Waals surface area contributed by atoms with Crippen molar-refractivity contribution in [3.63, 3.8) is 0 Å². The van der Waals surface area contributed by atoms with Crippen molar-refractivity contribution in [1.82, 2.24) is 4.90 Å². The summed E-state index contributed by atoms with van der Waals surface area (Å²) in [6.45, 7) is 7.46. The Kier molecular flexibility index (Phi) is 5.29. The van der Waals surface area contributed by atoms with Crippen LogP contribution in [0.2, 0.25) is 0 Å². The first kappa shape index (κ1) is 12.7. The predicted molar refractivity (Wildman–Crippen MR) is 66.7 cm³/mol. The highest BCUT2D eigenvalue weighted by Crippen LogP contribution is 2.20. The van der Waals surface area contributed by atoms with Crippen molar-refractivity contribution < 1.29 is 5.11 Å². The maximum atomic E-state index is 9.07. The maximum absolute atomic E-state index is 9.07. The van der Waals surface area contributed by atoms with Crippen LogP contribution < -0.4 is 0 Å². The smallest absolute Gasteiger partial charge is 0.0681 e. The van der Waals surface area contributed by atoms with Crippen LogP contribution in [0.15, 0.2) is 22.7 Å². The van der Waals surface area contributed by atoms with Crippen LogP contribution in [-0.2, 0) is 13.2 Å². The average molecular weight is 272 g/mol. The van der Waals surface area contributed by atoms with Crippen molar-refractivity contribution in [1.29, 1.82) is 0 Å². The summed E-state index contributed by atoms with van der Waals surface area (Å²) in [6.07, 6.45) is 0. The number of aliphatic hydroxyl groups excluding tert-OH is 1. The molecule has 0 unspecified atom stereocenters. The zero-order chi connectivity index (χ0) is 11.3. The number of hydrogen-bond acceptors (Lipinski definition) is 2. The number of nitrogens with zero attached hydrogens (tertiary/aromatic N) is 1. The van der Waals surface area contributed by atoms with Crippen LogP contribution in [-0.4, -0.2) is 23.1 Å². The van der Waals surface area contributed by atoms with Crippen LogP contribution in [0.1, 0.15) is 25.0 Å². The Bertz CT molecular complexity index is 310. The third kappa shape index (κ3) is 3.59. The molecule has 0 fully saturated rings. The normalized spacial score (nSPS) is 11.0. The van der Waals surface area contributed by atoms with Gasteiger partial charge in [-0.3, -0.25) is 4.90 Å². The van der Waals surface area contributed by atoms with Crippen molar-refractivity contribution in [3.05, 3.63) is 33.8 Å². The fourth-order valence-electron chi connectivity index (χ4n) is 1.54. The van der Waals surface area contributed by atoms with Gasteiger partial charge in [-0.25, -0.2) is 0 Å². The first-order valence-electron chi connectivity index (χ1n) is 5.31. The summed E-state index contributed by atoms with van der Waals surface area (Å²) in [5.41, 5.74) is 2.21. The molecule has 84 valence electrons. The van der Waals surface area contributed by atoms with Gasteiger partial charge in [-0.05, 0) is 30.3 Å². The minimum atomic E-state index is 0.110. The SMILES string of the molecule is CCN(CC)Cc1cc(CO)ccc1Br. The number of rotatable bonds is 5. The summed E-state index contributed by atoms with van der Waals surface area (Å²) in [5.74, 6) is 0. The van der Waals surface area contributed by atoms with Gasteiger partial charge in [-0.2, -0.15) is 0 Å². The topological polar surface area (TPSA) is 23.5 Å². The molecule has 0 aliphatic carbocycles. The fourth-order valence-corrected chi connectivity index (χ4v) is 1.91. The highest BCUT2D eigenvalue weighted by atomic mass is 79.9. The molecule has 0 saturated carbocycles. The number of hydrogen-bond donors (Lipinski definition) is 1. The summed E-state index contributed by atoms with van der Waals surface area (Å²) in [4.78, 5) is 2.35. The van der Waals surface area contributed by atoms with Gasteiger partial charge in [0.05, 0.1) is 6.61 Å². The van der Waals surface area contributed by atoms with Gasteiger partial charge in [0, 0.05) is 11.0 Å². The second-order valence-corrected chi connectivity index (χ2v) is 4.40. The first-order chi connectivity index (χ1) is 7.21. The lowest BCUT2D eigenvalue weighted by Gasteiger charge is -2.19. The molecule has 15 heavy (non-hydrogen) atoms. The van der Waals surface area contributed by atoms with E-state index in [0.717, 1.165) is 29.7 Å². The average Bonchev–Trinajstić information content (AvgIpc) is 2.28. The number of aliphatic hydroxyl groups is 1. The molecular formula is C12H18BrNO. The Morgan fingerprint density at radius 2 is 1.93 bits per heavy atom. The molecule has 2 nitrogen and oxygen atoms in total. The van der Waals surface area contributed by atoms with Crippen LogP contribution in [0.25, 0.3) is 0 Å². The van der Waals surface area contributed by atoms with E-state index in [9.17, 15) is 0 Å². The van der Waals surface area contributed by atoms with E-state index in [1.165, 1.54) is 5.56 Å². The summed E-state index contributed by atoms with van der Waals surface area (Å²) in [6, 6.07) is 6.00. The third-order valence-electron chi connectivity index (χ3n) is 2.58. The van der Waals surface area contributed by atoms with Crippen LogP contribution in [0.5, 0.6) is 0 Å². The Morgan fingerprint density at radius 3 is 2.47 bits per heavy atom. The lowest BCUT2D eigenvalue weighted by atomic mass is 10.1. The third-order valence-corrected chi connectivity index (χ3v) is 3.35. The fraction of sp³-hybridized carbons (Fsp3) is 0.500. The van der Waals surface area contributed by atoms with Crippen molar-refractivity contribution in [3.8, 4) is 0 Å². The van der Waals surface area contributed by atoms with E-state index in [2.05, 4.69) is 40.7 Å². The molecule has 0 heterocycles. The molecule has 0 atom stereocenters. The minimum absolute atomic E-state index is 0.110. The van der Waals surface area contributed by atoms with Crippen LogP contribution in [0.4, 0.5) is 0 Å². The van der Waals surface area contributed by atoms with Crippen molar-refractivity contribution in [2.45, 2.75) is 27.0 Å². The van der Waals surface area contributed by atoms with Gasteiger partial charge in [0.2, 0.25) is 0 Å². The number of benzene rings is 1. The lowest BCUT2D eigenvalue weighted by Crippen LogP contribution is -2.22. The Labute approximate surface area is 100 Å². The van der Waals surface area contributed by atoms with E-state index in [-0.39, 0.29) is 6.61 Å². The second-order valence-electron chi connectivity index (χ2n) is 3.55. The van der Waals surface area contributed by atoms with Gasteiger partial charge in [0.1, 0.15) is 0 Å².